The van der Waals surface area contributed by atoms with E-state index in [1.807, 2.05) is 37.3 Å². The largest absolute Gasteiger partial charge is 0.324 e. The molecule has 0 radical (unpaired) electrons. The van der Waals surface area contributed by atoms with Gasteiger partial charge in [-0.2, -0.15) is 5.26 Å². The first-order chi connectivity index (χ1) is 8.17. The lowest BCUT2D eigenvalue weighted by Gasteiger charge is -2.16. The first-order valence-corrected chi connectivity index (χ1v) is 6.10. The van der Waals surface area contributed by atoms with E-state index in [2.05, 4.69) is 21.2 Å². The van der Waals surface area contributed by atoms with Crippen LogP contribution in [-0.2, 0) is 4.79 Å². The second kappa shape index (κ2) is 7.05. The van der Waals surface area contributed by atoms with Gasteiger partial charge in [0.15, 0.2) is 0 Å². The van der Waals surface area contributed by atoms with E-state index in [-0.39, 0.29) is 19.0 Å². The van der Waals surface area contributed by atoms with Crippen LogP contribution >= 0.6 is 15.9 Å². The minimum absolute atomic E-state index is 0.117. The van der Waals surface area contributed by atoms with Crippen molar-refractivity contribution in [3.8, 4) is 6.07 Å². The van der Waals surface area contributed by atoms with Crippen molar-refractivity contribution < 1.29 is 4.79 Å². The fourth-order valence-electron chi connectivity index (χ4n) is 1.33. The predicted molar refractivity (Wildman–Crippen MR) is 70.5 cm³/mol. The van der Waals surface area contributed by atoms with Crippen LogP contribution in [0.3, 0.4) is 0 Å². The van der Waals surface area contributed by atoms with E-state index in [4.69, 9.17) is 5.26 Å². The van der Waals surface area contributed by atoms with Crippen molar-refractivity contribution in [2.24, 2.45) is 0 Å². The molecule has 0 fully saturated rings. The Hall–Kier alpha value is -1.38. The van der Waals surface area contributed by atoms with Crippen molar-refractivity contribution in [3.05, 3.63) is 28.7 Å². The van der Waals surface area contributed by atoms with Crippen LogP contribution in [0.5, 0.6) is 0 Å². The van der Waals surface area contributed by atoms with Crippen LogP contribution in [0.2, 0.25) is 0 Å². The number of nitrogens with one attached hydrogen (secondary N) is 1. The van der Waals surface area contributed by atoms with Crippen LogP contribution in [0, 0.1) is 11.3 Å². The van der Waals surface area contributed by atoms with Crippen molar-refractivity contribution in [2.45, 2.75) is 6.92 Å². The summed E-state index contributed by atoms with van der Waals surface area (Å²) in [5.74, 6) is -0.117. The number of benzene rings is 1. The fourth-order valence-corrected chi connectivity index (χ4v) is 1.72. The van der Waals surface area contributed by atoms with Crippen molar-refractivity contribution in [3.63, 3.8) is 0 Å². The lowest BCUT2D eigenvalue weighted by molar-refractivity contribution is -0.117. The van der Waals surface area contributed by atoms with Gasteiger partial charge in [-0.25, -0.2) is 0 Å². The van der Waals surface area contributed by atoms with E-state index in [1.54, 1.807) is 4.90 Å². The van der Waals surface area contributed by atoms with Crippen molar-refractivity contribution in [1.82, 2.24) is 4.90 Å². The quantitative estimate of drug-likeness (QED) is 0.848. The molecular formula is C12H14BrN3O. The third kappa shape index (κ3) is 4.55. The lowest BCUT2D eigenvalue weighted by Crippen LogP contribution is -2.33. The molecule has 0 aliphatic carbocycles. The number of halogens is 1. The van der Waals surface area contributed by atoms with Gasteiger partial charge in [0.25, 0.3) is 0 Å². The Morgan fingerprint density at radius 2 is 2.24 bits per heavy atom. The summed E-state index contributed by atoms with van der Waals surface area (Å²) >= 11 is 3.36. The maximum Gasteiger partial charge on any atom is 0.238 e. The minimum atomic E-state index is -0.117. The highest BCUT2D eigenvalue weighted by Gasteiger charge is 2.09. The lowest BCUT2D eigenvalue weighted by atomic mass is 10.3. The van der Waals surface area contributed by atoms with Gasteiger partial charge in [-0.1, -0.05) is 19.1 Å². The molecule has 0 heterocycles. The Morgan fingerprint density at radius 1 is 1.53 bits per heavy atom. The standard InChI is InChI=1S/C12H14BrN3O/c1-2-16(8-7-14)9-12(17)15-11-6-4-3-5-10(11)13/h3-6H,2,8-9H2,1H3,(H,15,17). The molecule has 0 atom stereocenters. The summed E-state index contributed by atoms with van der Waals surface area (Å²) in [5.41, 5.74) is 0.741. The molecule has 0 saturated heterocycles. The molecule has 0 unspecified atom stereocenters. The zero-order chi connectivity index (χ0) is 12.7. The highest BCUT2D eigenvalue weighted by molar-refractivity contribution is 9.10. The topological polar surface area (TPSA) is 56.1 Å². The van der Waals surface area contributed by atoms with Crippen LogP contribution in [0.1, 0.15) is 6.92 Å². The van der Waals surface area contributed by atoms with E-state index in [0.29, 0.717) is 6.54 Å². The maximum atomic E-state index is 11.7. The highest BCUT2D eigenvalue weighted by atomic mass is 79.9. The summed E-state index contributed by atoms with van der Waals surface area (Å²) in [5, 5.41) is 11.4. The van der Waals surface area contributed by atoms with E-state index in [0.717, 1.165) is 10.2 Å². The van der Waals surface area contributed by atoms with Gasteiger partial charge in [0.2, 0.25) is 5.91 Å². The third-order valence-corrected chi connectivity index (χ3v) is 2.95. The van der Waals surface area contributed by atoms with Crippen molar-refractivity contribution in [1.29, 1.82) is 5.26 Å². The molecule has 0 spiro atoms. The molecule has 0 saturated carbocycles. The third-order valence-electron chi connectivity index (χ3n) is 2.26. The average molecular weight is 296 g/mol. The zero-order valence-electron chi connectivity index (χ0n) is 9.61. The number of likely N-dealkylation sites (N-methyl/N-ethyl adjacent to an activating group) is 1. The second-order valence-electron chi connectivity index (χ2n) is 3.49. The van der Waals surface area contributed by atoms with Gasteiger partial charge >= 0.3 is 0 Å². The van der Waals surface area contributed by atoms with Crippen LogP contribution in [0.15, 0.2) is 28.7 Å². The molecular weight excluding hydrogens is 282 g/mol. The van der Waals surface area contributed by atoms with Gasteiger partial charge in [-0.15, -0.1) is 0 Å². The molecule has 90 valence electrons. The first-order valence-electron chi connectivity index (χ1n) is 5.31. The zero-order valence-corrected chi connectivity index (χ0v) is 11.2. The molecule has 17 heavy (non-hydrogen) atoms. The smallest absolute Gasteiger partial charge is 0.238 e. The first kappa shape index (κ1) is 13.7. The SMILES string of the molecule is CCN(CC#N)CC(=O)Nc1ccccc1Br. The Labute approximate surface area is 109 Å². The fraction of sp³-hybridized carbons (Fsp3) is 0.333. The molecule has 5 heteroatoms. The Morgan fingerprint density at radius 3 is 2.82 bits per heavy atom. The van der Waals surface area contributed by atoms with Gasteiger partial charge in [0.1, 0.15) is 0 Å². The summed E-state index contributed by atoms with van der Waals surface area (Å²) in [4.78, 5) is 13.5. The number of nitriles is 1. The number of hydrogen-bond acceptors (Lipinski definition) is 3. The Kier molecular flexibility index (Phi) is 5.67. The summed E-state index contributed by atoms with van der Waals surface area (Å²) in [6, 6.07) is 9.46. The maximum absolute atomic E-state index is 11.7. The normalized spacial score (nSPS) is 10.0. The van der Waals surface area contributed by atoms with Crippen molar-refractivity contribution >= 4 is 27.5 Å². The van der Waals surface area contributed by atoms with Crippen molar-refractivity contribution in [2.75, 3.05) is 25.0 Å². The number of anilines is 1. The predicted octanol–water partition coefficient (Wildman–Crippen LogP) is 2.23. The monoisotopic (exact) mass is 295 g/mol. The molecule has 1 rings (SSSR count). The molecule has 4 nitrogen and oxygen atoms in total. The molecule has 1 aromatic rings. The van der Waals surface area contributed by atoms with Gasteiger partial charge in [0.05, 0.1) is 24.8 Å². The number of para-hydroxylation sites is 1. The summed E-state index contributed by atoms with van der Waals surface area (Å²) < 4.78 is 0.844. The van der Waals surface area contributed by atoms with E-state index in [9.17, 15) is 4.79 Å². The summed E-state index contributed by atoms with van der Waals surface area (Å²) in [6.45, 7) is 3.09. The molecule has 0 bridgehead atoms. The molecule has 0 aliphatic heterocycles. The van der Waals surface area contributed by atoms with Crippen LogP contribution in [0.25, 0.3) is 0 Å². The van der Waals surface area contributed by atoms with Crippen LogP contribution in [-0.4, -0.2) is 30.4 Å². The second-order valence-corrected chi connectivity index (χ2v) is 4.34. The molecule has 1 amide bonds. The summed E-state index contributed by atoms with van der Waals surface area (Å²) in [6.07, 6.45) is 0. The van der Waals surface area contributed by atoms with Gasteiger partial charge < -0.3 is 5.32 Å². The molecule has 0 aromatic heterocycles. The Bertz CT molecular complexity index is 428. The van der Waals surface area contributed by atoms with Gasteiger partial charge in [0, 0.05) is 4.47 Å². The number of carbonyl (C=O) groups excluding carboxylic acids is 1. The van der Waals surface area contributed by atoms with Gasteiger partial charge in [-0.05, 0) is 34.6 Å². The Balaban J connectivity index is 2.56. The average Bonchev–Trinajstić information content (AvgIpc) is 2.31. The molecule has 1 aromatic carbocycles. The van der Waals surface area contributed by atoms with Crippen LogP contribution in [0.4, 0.5) is 5.69 Å². The van der Waals surface area contributed by atoms with E-state index in [1.165, 1.54) is 0 Å². The number of carbonyl (C=O) groups is 1. The number of hydrogen-bond donors (Lipinski definition) is 1. The number of amides is 1. The number of nitrogens with zero attached hydrogens (tertiary/aromatic N) is 2. The number of rotatable bonds is 5. The highest BCUT2D eigenvalue weighted by Crippen LogP contribution is 2.20. The van der Waals surface area contributed by atoms with E-state index >= 15 is 0 Å². The molecule has 0 aliphatic rings. The minimum Gasteiger partial charge on any atom is -0.324 e. The molecule has 1 N–H and O–H groups in total. The van der Waals surface area contributed by atoms with Crippen LogP contribution < -0.4 is 5.32 Å². The van der Waals surface area contributed by atoms with Gasteiger partial charge in [-0.3, -0.25) is 9.69 Å². The summed E-state index contributed by atoms with van der Waals surface area (Å²) in [7, 11) is 0. The van der Waals surface area contributed by atoms with E-state index < -0.39 is 0 Å².